The van der Waals surface area contributed by atoms with Crippen LogP contribution in [0.3, 0.4) is 0 Å². The lowest BCUT2D eigenvalue weighted by atomic mass is 9.98. The number of carbonyl (C=O) groups excluding carboxylic acids is 1. The van der Waals surface area contributed by atoms with E-state index in [4.69, 9.17) is 5.26 Å². The Balaban J connectivity index is 2.36. The van der Waals surface area contributed by atoms with Crippen molar-refractivity contribution in [2.45, 2.75) is 12.8 Å². The average Bonchev–Trinajstić information content (AvgIpc) is 2.77. The van der Waals surface area contributed by atoms with Crippen LogP contribution in [0.1, 0.15) is 26.8 Å². The van der Waals surface area contributed by atoms with E-state index in [9.17, 15) is 4.79 Å². The Morgan fingerprint density at radius 1 is 1.47 bits per heavy atom. The predicted molar refractivity (Wildman–Crippen MR) is 66.0 cm³/mol. The van der Waals surface area contributed by atoms with E-state index in [-0.39, 0.29) is 5.78 Å². The maximum Gasteiger partial charge on any atom is 0.196 e. The van der Waals surface area contributed by atoms with E-state index >= 15 is 0 Å². The number of Topliss-reactive ketones (excluding diaryl/α,β-unsaturated/α-hetero) is 1. The molecule has 0 radical (unpaired) electrons. The summed E-state index contributed by atoms with van der Waals surface area (Å²) in [6, 6.07) is 9.15. The van der Waals surface area contributed by atoms with Crippen LogP contribution in [0.5, 0.6) is 0 Å². The molecule has 2 aromatic rings. The maximum absolute atomic E-state index is 12.2. The minimum absolute atomic E-state index is 0.168. The van der Waals surface area contributed by atoms with E-state index in [1.165, 1.54) is 11.3 Å². The van der Waals surface area contributed by atoms with Gasteiger partial charge in [-0.3, -0.25) is 9.78 Å². The van der Waals surface area contributed by atoms with Crippen LogP contribution in [-0.4, -0.2) is 10.8 Å². The molecule has 2 heterocycles. The van der Waals surface area contributed by atoms with Gasteiger partial charge in [0, 0.05) is 6.20 Å². The topological polar surface area (TPSA) is 53.8 Å². The minimum atomic E-state index is -0.812. The molecule has 1 unspecified atom stereocenters. The zero-order valence-corrected chi connectivity index (χ0v) is 10.1. The zero-order chi connectivity index (χ0) is 12.3. The molecule has 1 atom stereocenters. The van der Waals surface area contributed by atoms with Gasteiger partial charge in [-0.2, -0.15) is 5.26 Å². The van der Waals surface area contributed by atoms with Crippen molar-refractivity contribution < 1.29 is 4.79 Å². The van der Waals surface area contributed by atoms with Crippen molar-refractivity contribution in [3.63, 3.8) is 0 Å². The van der Waals surface area contributed by atoms with Gasteiger partial charge in [0.25, 0.3) is 0 Å². The van der Waals surface area contributed by atoms with Gasteiger partial charge in [-0.25, -0.2) is 0 Å². The number of pyridine rings is 1. The predicted octanol–water partition coefficient (Wildman–Crippen LogP) is 2.94. The van der Waals surface area contributed by atoms with E-state index in [1.54, 1.807) is 24.4 Å². The van der Waals surface area contributed by atoms with Gasteiger partial charge in [-0.1, -0.05) is 6.07 Å². The highest BCUT2D eigenvalue weighted by Gasteiger charge is 2.24. The summed E-state index contributed by atoms with van der Waals surface area (Å²) in [6.07, 6.45) is 1.59. The molecule has 0 aromatic carbocycles. The standard InChI is InChI=1S/C13H10N2OS/c1-9-5-7-17-13(9)12(16)10(8-14)11-4-2-3-6-15-11/h2-7,10H,1H3. The highest BCUT2D eigenvalue weighted by atomic mass is 32.1. The van der Waals surface area contributed by atoms with Crippen LogP contribution >= 0.6 is 11.3 Å². The number of rotatable bonds is 3. The summed E-state index contributed by atoms with van der Waals surface area (Å²) in [6.45, 7) is 1.87. The lowest BCUT2D eigenvalue weighted by molar-refractivity contribution is 0.0981. The van der Waals surface area contributed by atoms with E-state index in [1.807, 2.05) is 24.4 Å². The molecule has 2 aromatic heterocycles. The van der Waals surface area contributed by atoms with Crippen molar-refractivity contribution in [1.82, 2.24) is 4.98 Å². The first kappa shape index (κ1) is 11.5. The number of carbonyl (C=O) groups is 1. The quantitative estimate of drug-likeness (QED) is 0.777. The van der Waals surface area contributed by atoms with Gasteiger partial charge in [0.1, 0.15) is 0 Å². The fraction of sp³-hybridized carbons (Fsp3) is 0.154. The molecular weight excluding hydrogens is 232 g/mol. The lowest BCUT2D eigenvalue weighted by Crippen LogP contribution is -2.12. The second-order valence-electron chi connectivity index (χ2n) is 3.61. The number of aryl methyl sites for hydroxylation is 1. The second-order valence-corrected chi connectivity index (χ2v) is 4.53. The summed E-state index contributed by atoms with van der Waals surface area (Å²) in [5, 5.41) is 11.0. The smallest absolute Gasteiger partial charge is 0.196 e. The molecule has 0 saturated heterocycles. The first-order valence-corrected chi connectivity index (χ1v) is 6.01. The molecule has 0 amide bonds. The van der Waals surface area contributed by atoms with Crippen molar-refractivity contribution in [3.8, 4) is 6.07 Å². The Kier molecular flexibility index (Phi) is 3.31. The van der Waals surface area contributed by atoms with Crippen LogP contribution in [0.2, 0.25) is 0 Å². The van der Waals surface area contributed by atoms with Crippen molar-refractivity contribution in [1.29, 1.82) is 5.26 Å². The molecule has 17 heavy (non-hydrogen) atoms. The average molecular weight is 242 g/mol. The van der Waals surface area contributed by atoms with Gasteiger partial charge in [-0.05, 0) is 36.1 Å². The number of thiophene rings is 1. The molecule has 0 aliphatic carbocycles. The third-order valence-corrected chi connectivity index (χ3v) is 3.49. The first-order valence-electron chi connectivity index (χ1n) is 5.13. The van der Waals surface area contributed by atoms with Gasteiger partial charge in [0.2, 0.25) is 0 Å². The molecule has 0 spiro atoms. The van der Waals surface area contributed by atoms with Gasteiger partial charge >= 0.3 is 0 Å². The molecule has 0 bridgehead atoms. The highest BCUT2D eigenvalue weighted by molar-refractivity contribution is 7.12. The van der Waals surface area contributed by atoms with Gasteiger partial charge in [-0.15, -0.1) is 11.3 Å². The summed E-state index contributed by atoms with van der Waals surface area (Å²) >= 11 is 1.37. The number of aromatic nitrogens is 1. The van der Waals surface area contributed by atoms with Gasteiger partial charge in [0.15, 0.2) is 11.7 Å². The molecule has 4 heteroatoms. The zero-order valence-electron chi connectivity index (χ0n) is 9.25. The highest BCUT2D eigenvalue weighted by Crippen LogP contribution is 2.24. The minimum Gasteiger partial charge on any atom is -0.291 e. The molecule has 0 N–H and O–H groups in total. The van der Waals surface area contributed by atoms with Crippen LogP contribution < -0.4 is 0 Å². The molecule has 84 valence electrons. The normalized spacial score (nSPS) is 11.8. The van der Waals surface area contributed by atoms with E-state index in [0.717, 1.165) is 5.56 Å². The Hall–Kier alpha value is -1.99. The van der Waals surface area contributed by atoms with Crippen molar-refractivity contribution in [3.05, 3.63) is 52.0 Å². The van der Waals surface area contributed by atoms with E-state index < -0.39 is 5.92 Å². The molecule has 0 aliphatic heterocycles. The van der Waals surface area contributed by atoms with E-state index in [0.29, 0.717) is 10.6 Å². The fourth-order valence-electron chi connectivity index (χ4n) is 1.56. The van der Waals surface area contributed by atoms with E-state index in [2.05, 4.69) is 4.98 Å². The number of nitriles is 1. The molecule has 0 aliphatic rings. The van der Waals surface area contributed by atoms with Crippen LogP contribution in [0, 0.1) is 18.3 Å². The van der Waals surface area contributed by atoms with Gasteiger partial charge < -0.3 is 0 Å². The summed E-state index contributed by atoms with van der Waals surface area (Å²) in [4.78, 5) is 16.9. The number of ketones is 1. The Morgan fingerprint density at radius 2 is 2.29 bits per heavy atom. The van der Waals surface area contributed by atoms with Crippen LogP contribution in [0.15, 0.2) is 35.8 Å². The van der Waals surface area contributed by atoms with Crippen LogP contribution in [0.25, 0.3) is 0 Å². The van der Waals surface area contributed by atoms with Crippen LogP contribution in [-0.2, 0) is 0 Å². The van der Waals surface area contributed by atoms with Gasteiger partial charge in [0.05, 0.1) is 16.6 Å². The number of hydrogen-bond donors (Lipinski definition) is 0. The Bertz CT molecular complexity index is 569. The molecular formula is C13H10N2OS. The summed E-state index contributed by atoms with van der Waals surface area (Å²) < 4.78 is 0. The summed E-state index contributed by atoms with van der Waals surface area (Å²) in [7, 11) is 0. The molecule has 0 saturated carbocycles. The molecule has 2 rings (SSSR count). The summed E-state index contributed by atoms with van der Waals surface area (Å²) in [5.41, 5.74) is 1.42. The Labute approximate surface area is 103 Å². The fourth-order valence-corrected chi connectivity index (χ4v) is 2.46. The molecule has 0 fully saturated rings. The van der Waals surface area contributed by atoms with Crippen molar-refractivity contribution in [2.24, 2.45) is 0 Å². The summed E-state index contributed by atoms with van der Waals surface area (Å²) in [5.74, 6) is -0.979. The van der Waals surface area contributed by atoms with Crippen molar-refractivity contribution >= 4 is 17.1 Å². The second kappa shape index (κ2) is 4.89. The third-order valence-electron chi connectivity index (χ3n) is 2.46. The third kappa shape index (κ3) is 2.24. The number of nitrogens with zero attached hydrogens (tertiary/aromatic N) is 2. The first-order chi connectivity index (χ1) is 8.24. The number of hydrogen-bond acceptors (Lipinski definition) is 4. The van der Waals surface area contributed by atoms with Crippen LogP contribution in [0.4, 0.5) is 0 Å². The Morgan fingerprint density at radius 3 is 2.82 bits per heavy atom. The van der Waals surface area contributed by atoms with Crippen molar-refractivity contribution in [2.75, 3.05) is 0 Å². The molecule has 3 nitrogen and oxygen atoms in total. The maximum atomic E-state index is 12.2. The largest absolute Gasteiger partial charge is 0.291 e. The monoisotopic (exact) mass is 242 g/mol. The lowest BCUT2D eigenvalue weighted by Gasteiger charge is -2.06. The SMILES string of the molecule is Cc1ccsc1C(=O)C(C#N)c1ccccn1.